The van der Waals surface area contributed by atoms with Gasteiger partial charge in [-0.25, -0.2) is 10.1 Å². The molecular weight excluding hydrogens is 432 g/mol. The molecule has 0 saturated carbocycles. The third-order valence-electron chi connectivity index (χ3n) is 5.74. The standard InChI is InChI=1S/C26H26N4O2S/c27-24(29-26(32)33)22-13-12-19(18-8-3-1-4-9-18)17-23(22)28-25(31)20-10-7-11-21(16-20)30-14-5-2-6-15-30/h1,3-4,7-13,16-17H,2,5-6,14-15H2,(H,28,31)(H3,27,29,32,33)/p+1. The van der Waals surface area contributed by atoms with Crippen molar-refractivity contribution in [3.63, 3.8) is 0 Å². The fraction of sp³-hybridized carbons (Fsp3) is 0.192. The van der Waals surface area contributed by atoms with Crippen LogP contribution < -0.4 is 20.9 Å². The average Bonchev–Trinajstić information content (AvgIpc) is 2.84. The lowest BCUT2D eigenvalue weighted by Gasteiger charge is -2.29. The van der Waals surface area contributed by atoms with Gasteiger partial charge in [-0.15, -0.1) is 0 Å². The Hall–Kier alpha value is -3.58. The van der Waals surface area contributed by atoms with Crippen molar-refractivity contribution in [3.8, 4) is 11.1 Å². The highest BCUT2D eigenvalue weighted by Gasteiger charge is 2.19. The Morgan fingerprint density at radius 3 is 2.33 bits per heavy atom. The quantitative estimate of drug-likeness (QED) is 0.266. The molecule has 1 fully saturated rings. The summed E-state index contributed by atoms with van der Waals surface area (Å²) < 4.78 is 0. The summed E-state index contributed by atoms with van der Waals surface area (Å²) in [5.74, 6) is -0.127. The number of carbonyl (C=O) groups excluding carboxylic acids is 2. The summed E-state index contributed by atoms with van der Waals surface area (Å²) >= 11 is 3.75. The molecule has 2 amide bonds. The fourth-order valence-corrected chi connectivity index (χ4v) is 4.19. The first kappa shape index (κ1) is 22.6. The van der Waals surface area contributed by atoms with Gasteiger partial charge in [-0.05, 0) is 60.7 Å². The van der Waals surface area contributed by atoms with E-state index in [0.717, 1.165) is 42.7 Å². The molecule has 1 aliphatic heterocycles. The van der Waals surface area contributed by atoms with Crippen LogP contribution in [0.15, 0.2) is 72.8 Å². The number of anilines is 2. The van der Waals surface area contributed by atoms with E-state index in [0.29, 0.717) is 16.8 Å². The van der Waals surface area contributed by atoms with Crippen molar-refractivity contribution in [3.05, 3.63) is 83.9 Å². The number of piperidine rings is 1. The van der Waals surface area contributed by atoms with E-state index >= 15 is 0 Å². The maximum Gasteiger partial charge on any atom is 0.364 e. The number of nitrogens with zero attached hydrogens (tertiary/aromatic N) is 1. The predicted octanol–water partition coefficient (Wildman–Crippen LogP) is 3.74. The van der Waals surface area contributed by atoms with Crippen LogP contribution in [0.5, 0.6) is 0 Å². The largest absolute Gasteiger partial charge is 0.372 e. The Kier molecular flexibility index (Phi) is 7.10. The number of amides is 2. The highest BCUT2D eigenvalue weighted by Crippen LogP contribution is 2.27. The number of thiol groups is 1. The smallest absolute Gasteiger partial charge is 0.364 e. The monoisotopic (exact) mass is 459 g/mol. The number of nitrogens with two attached hydrogens (primary N) is 1. The minimum Gasteiger partial charge on any atom is -0.372 e. The zero-order valence-electron chi connectivity index (χ0n) is 18.3. The number of rotatable bonds is 5. The first-order valence-corrected chi connectivity index (χ1v) is 11.4. The lowest BCUT2D eigenvalue weighted by molar-refractivity contribution is -0.115. The SMILES string of the molecule is [NH2+]=C(NC(=O)S)c1ccc(-c2ccccc2)cc1NC(=O)c1cccc(N2CCCCC2)c1. The Bertz CT molecular complexity index is 1170. The van der Waals surface area contributed by atoms with Crippen LogP contribution in [-0.4, -0.2) is 30.1 Å². The second-order valence-electron chi connectivity index (χ2n) is 8.02. The molecule has 4 rings (SSSR count). The molecule has 0 bridgehead atoms. The molecule has 4 N–H and O–H groups in total. The van der Waals surface area contributed by atoms with Crippen molar-refractivity contribution in [1.29, 1.82) is 0 Å². The van der Waals surface area contributed by atoms with E-state index in [1.165, 1.54) is 6.42 Å². The molecule has 0 spiro atoms. The zero-order chi connectivity index (χ0) is 23.2. The first-order chi connectivity index (χ1) is 16.0. The highest BCUT2D eigenvalue weighted by molar-refractivity contribution is 7.96. The predicted molar refractivity (Wildman–Crippen MR) is 136 cm³/mol. The van der Waals surface area contributed by atoms with Crippen molar-refractivity contribution in [2.24, 2.45) is 0 Å². The van der Waals surface area contributed by atoms with Crippen LogP contribution >= 0.6 is 12.6 Å². The van der Waals surface area contributed by atoms with Gasteiger partial charge in [-0.3, -0.25) is 10.2 Å². The molecule has 0 aromatic heterocycles. The van der Waals surface area contributed by atoms with Crippen LogP contribution in [0, 0.1) is 0 Å². The van der Waals surface area contributed by atoms with E-state index in [1.54, 1.807) is 12.1 Å². The second-order valence-corrected chi connectivity index (χ2v) is 8.43. The molecular formula is C26H27N4O2S+. The highest BCUT2D eigenvalue weighted by atomic mass is 32.1. The molecule has 1 heterocycles. The maximum absolute atomic E-state index is 13.2. The van der Waals surface area contributed by atoms with Gasteiger partial charge < -0.3 is 10.2 Å². The number of nitrogens with one attached hydrogen (secondary N) is 2. The van der Waals surface area contributed by atoms with Crippen LogP contribution in [0.4, 0.5) is 16.2 Å². The third kappa shape index (κ3) is 5.62. The minimum atomic E-state index is -0.578. The van der Waals surface area contributed by atoms with Gasteiger partial charge in [0.25, 0.3) is 11.7 Å². The summed E-state index contributed by atoms with van der Waals surface area (Å²) in [6.45, 7) is 2.01. The lowest BCUT2D eigenvalue weighted by Crippen LogP contribution is -2.50. The van der Waals surface area contributed by atoms with E-state index in [9.17, 15) is 9.59 Å². The van der Waals surface area contributed by atoms with Crippen molar-refractivity contribution in [1.82, 2.24) is 5.32 Å². The van der Waals surface area contributed by atoms with Crippen LogP contribution in [0.25, 0.3) is 11.1 Å². The first-order valence-electron chi connectivity index (χ1n) is 11.0. The Morgan fingerprint density at radius 1 is 0.848 bits per heavy atom. The summed E-state index contributed by atoms with van der Waals surface area (Å²) in [5.41, 5.74) is 4.55. The molecule has 3 aromatic carbocycles. The van der Waals surface area contributed by atoms with E-state index in [2.05, 4.69) is 28.2 Å². The van der Waals surface area contributed by atoms with Gasteiger partial charge in [0.2, 0.25) is 0 Å². The third-order valence-corrected chi connectivity index (χ3v) is 5.85. The molecule has 0 atom stereocenters. The molecule has 7 heteroatoms. The molecule has 0 radical (unpaired) electrons. The van der Waals surface area contributed by atoms with Gasteiger partial charge in [0.05, 0.1) is 11.3 Å². The maximum atomic E-state index is 13.2. The van der Waals surface area contributed by atoms with Crippen LogP contribution in [-0.2, 0) is 0 Å². The normalized spacial score (nSPS) is 13.3. The van der Waals surface area contributed by atoms with Gasteiger partial charge in [0.15, 0.2) is 0 Å². The topological polar surface area (TPSA) is 87.0 Å². The summed E-state index contributed by atoms with van der Waals surface area (Å²) in [5, 5.41) is 11.0. The number of hydrogen-bond donors (Lipinski definition) is 4. The van der Waals surface area contributed by atoms with Crippen molar-refractivity contribution >= 4 is 41.0 Å². The van der Waals surface area contributed by atoms with Crippen LogP contribution in [0.1, 0.15) is 35.2 Å². The Balaban J connectivity index is 1.64. The summed E-state index contributed by atoms with van der Waals surface area (Å²) in [6.07, 6.45) is 3.58. The molecule has 1 aliphatic rings. The van der Waals surface area contributed by atoms with Crippen LogP contribution in [0.3, 0.4) is 0 Å². The number of amidine groups is 1. The van der Waals surface area contributed by atoms with Gasteiger partial charge in [-0.2, -0.15) is 0 Å². The number of carbonyl (C=O) groups is 2. The fourth-order valence-electron chi connectivity index (χ4n) is 4.07. The van der Waals surface area contributed by atoms with E-state index in [-0.39, 0.29) is 11.7 Å². The number of hydrogen-bond acceptors (Lipinski definition) is 3. The Morgan fingerprint density at radius 2 is 1.61 bits per heavy atom. The van der Waals surface area contributed by atoms with Gasteiger partial charge in [0.1, 0.15) is 0 Å². The van der Waals surface area contributed by atoms with Crippen molar-refractivity contribution < 1.29 is 15.0 Å². The average molecular weight is 460 g/mol. The van der Waals surface area contributed by atoms with E-state index < -0.39 is 5.24 Å². The zero-order valence-corrected chi connectivity index (χ0v) is 19.1. The van der Waals surface area contributed by atoms with Gasteiger partial charge >= 0.3 is 5.24 Å². The summed E-state index contributed by atoms with van der Waals surface area (Å²) in [7, 11) is 0. The lowest BCUT2D eigenvalue weighted by atomic mass is 10.0. The van der Waals surface area contributed by atoms with Crippen LogP contribution in [0.2, 0.25) is 0 Å². The summed E-state index contributed by atoms with van der Waals surface area (Å²) in [6, 6.07) is 23.0. The second kappa shape index (κ2) is 10.4. The van der Waals surface area contributed by atoms with Crippen molar-refractivity contribution in [2.75, 3.05) is 23.3 Å². The molecule has 168 valence electrons. The number of benzene rings is 3. The minimum absolute atomic E-state index is 0.118. The Labute approximate surface area is 198 Å². The molecule has 1 saturated heterocycles. The molecule has 6 nitrogen and oxygen atoms in total. The van der Waals surface area contributed by atoms with Gasteiger partial charge in [0, 0.05) is 24.3 Å². The molecule has 0 unspecified atom stereocenters. The van der Waals surface area contributed by atoms with E-state index in [1.807, 2.05) is 60.7 Å². The van der Waals surface area contributed by atoms with Crippen molar-refractivity contribution in [2.45, 2.75) is 19.3 Å². The van der Waals surface area contributed by atoms with Gasteiger partial charge in [-0.1, -0.05) is 55.1 Å². The molecule has 3 aromatic rings. The molecule has 0 aliphatic carbocycles. The van der Waals surface area contributed by atoms with E-state index in [4.69, 9.17) is 5.41 Å². The molecule has 33 heavy (non-hydrogen) atoms. The summed E-state index contributed by atoms with van der Waals surface area (Å²) in [4.78, 5) is 26.9.